The Bertz CT molecular complexity index is 1080. The predicted octanol–water partition coefficient (Wildman–Crippen LogP) is 2.69. The maximum absolute atomic E-state index is 13.4. The molecule has 0 aliphatic carbocycles. The fourth-order valence-electron chi connectivity index (χ4n) is 4.41. The number of pyridine rings is 1. The SMILES string of the molecule is COc1ccc(C23Cc4ncccc4C(=O)N2CCN3C(=O)c2ccoc2)cc1. The minimum atomic E-state index is -0.945. The van der Waals surface area contributed by atoms with Crippen molar-refractivity contribution in [2.24, 2.45) is 0 Å². The third-order valence-electron chi connectivity index (χ3n) is 5.79. The summed E-state index contributed by atoms with van der Waals surface area (Å²) >= 11 is 0. The highest BCUT2D eigenvalue weighted by Crippen LogP contribution is 2.45. The van der Waals surface area contributed by atoms with Gasteiger partial charge in [-0.15, -0.1) is 0 Å². The van der Waals surface area contributed by atoms with E-state index in [4.69, 9.17) is 9.15 Å². The molecule has 146 valence electrons. The summed E-state index contributed by atoms with van der Waals surface area (Å²) < 4.78 is 10.4. The molecule has 3 aromatic rings. The maximum atomic E-state index is 13.4. The zero-order valence-electron chi connectivity index (χ0n) is 15.9. The van der Waals surface area contributed by atoms with Gasteiger partial charge in [0.1, 0.15) is 17.7 Å². The maximum Gasteiger partial charge on any atom is 0.259 e. The molecule has 2 aliphatic heterocycles. The summed E-state index contributed by atoms with van der Waals surface area (Å²) in [5, 5.41) is 0. The van der Waals surface area contributed by atoms with E-state index in [9.17, 15) is 9.59 Å². The van der Waals surface area contributed by atoms with Crippen molar-refractivity contribution >= 4 is 11.8 Å². The molecule has 1 aromatic carbocycles. The van der Waals surface area contributed by atoms with E-state index < -0.39 is 5.66 Å². The summed E-state index contributed by atoms with van der Waals surface area (Å²) in [6, 6.07) is 12.7. The highest BCUT2D eigenvalue weighted by atomic mass is 16.5. The molecule has 1 fully saturated rings. The summed E-state index contributed by atoms with van der Waals surface area (Å²) in [5.74, 6) is 0.421. The molecule has 4 heterocycles. The van der Waals surface area contributed by atoms with Gasteiger partial charge in [-0.05, 0) is 35.9 Å². The highest BCUT2D eigenvalue weighted by molar-refractivity contribution is 6.00. The van der Waals surface area contributed by atoms with Gasteiger partial charge in [-0.1, -0.05) is 12.1 Å². The van der Waals surface area contributed by atoms with Crippen LogP contribution in [0, 0.1) is 0 Å². The predicted molar refractivity (Wildman–Crippen MR) is 103 cm³/mol. The van der Waals surface area contributed by atoms with E-state index in [-0.39, 0.29) is 11.8 Å². The van der Waals surface area contributed by atoms with Gasteiger partial charge in [0.25, 0.3) is 11.8 Å². The summed E-state index contributed by atoms with van der Waals surface area (Å²) in [7, 11) is 1.61. The molecule has 2 aromatic heterocycles. The Morgan fingerprint density at radius 1 is 1.17 bits per heavy atom. The van der Waals surface area contributed by atoms with Crippen molar-refractivity contribution in [3.05, 3.63) is 83.6 Å². The van der Waals surface area contributed by atoms with Crippen molar-refractivity contribution in [2.45, 2.75) is 12.1 Å². The van der Waals surface area contributed by atoms with Gasteiger partial charge in [-0.25, -0.2) is 0 Å². The number of carbonyl (C=O) groups is 2. The minimum Gasteiger partial charge on any atom is -0.497 e. The second-order valence-corrected chi connectivity index (χ2v) is 7.15. The molecule has 5 rings (SSSR count). The molecule has 29 heavy (non-hydrogen) atoms. The summed E-state index contributed by atoms with van der Waals surface area (Å²) in [5.41, 5.74) is 1.64. The van der Waals surface area contributed by atoms with Crippen molar-refractivity contribution in [1.82, 2.24) is 14.8 Å². The van der Waals surface area contributed by atoms with Crippen molar-refractivity contribution in [1.29, 1.82) is 0 Å². The Hall–Kier alpha value is -3.61. The second kappa shape index (κ2) is 6.48. The third-order valence-corrected chi connectivity index (χ3v) is 5.79. The molecule has 0 radical (unpaired) electrons. The molecule has 7 heteroatoms. The minimum absolute atomic E-state index is 0.113. The van der Waals surface area contributed by atoms with Crippen LogP contribution in [0.25, 0.3) is 0 Å². The van der Waals surface area contributed by atoms with Crippen LogP contribution in [0.5, 0.6) is 5.75 Å². The molecular weight excluding hydrogens is 370 g/mol. The molecule has 0 saturated carbocycles. The smallest absolute Gasteiger partial charge is 0.259 e. The highest BCUT2D eigenvalue weighted by Gasteiger charge is 2.56. The number of furan rings is 1. The lowest BCUT2D eigenvalue weighted by atomic mass is 9.86. The zero-order chi connectivity index (χ0) is 20.0. The summed E-state index contributed by atoms with van der Waals surface area (Å²) in [6.45, 7) is 0.874. The fourth-order valence-corrected chi connectivity index (χ4v) is 4.41. The van der Waals surface area contributed by atoms with E-state index in [1.165, 1.54) is 12.5 Å². The van der Waals surface area contributed by atoms with Gasteiger partial charge >= 0.3 is 0 Å². The van der Waals surface area contributed by atoms with Crippen LogP contribution in [-0.4, -0.2) is 46.8 Å². The number of nitrogens with zero attached hydrogens (tertiary/aromatic N) is 3. The Balaban J connectivity index is 1.69. The number of benzene rings is 1. The molecule has 2 amide bonds. The van der Waals surface area contributed by atoms with E-state index in [1.807, 2.05) is 24.3 Å². The average molecular weight is 389 g/mol. The number of fused-ring (bicyclic) bond motifs is 2. The second-order valence-electron chi connectivity index (χ2n) is 7.15. The van der Waals surface area contributed by atoms with Crippen LogP contribution < -0.4 is 4.74 Å². The van der Waals surface area contributed by atoms with Crippen LogP contribution in [0.3, 0.4) is 0 Å². The van der Waals surface area contributed by atoms with Crippen LogP contribution in [0.15, 0.2) is 65.6 Å². The molecule has 1 saturated heterocycles. The van der Waals surface area contributed by atoms with Gasteiger partial charge in [-0.2, -0.15) is 0 Å². The summed E-state index contributed by atoms with van der Waals surface area (Å²) in [6.07, 6.45) is 5.01. The van der Waals surface area contributed by atoms with E-state index in [2.05, 4.69) is 4.98 Å². The quantitative estimate of drug-likeness (QED) is 0.688. The number of amides is 2. The molecule has 7 nitrogen and oxygen atoms in total. The molecule has 1 atom stereocenters. The normalized spacial score (nSPS) is 20.4. The fraction of sp³-hybridized carbons (Fsp3) is 0.227. The monoisotopic (exact) mass is 389 g/mol. The number of ether oxygens (including phenoxy) is 1. The van der Waals surface area contributed by atoms with Crippen LogP contribution in [0.4, 0.5) is 0 Å². The van der Waals surface area contributed by atoms with Gasteiger partial charge in [-0.3, -0.25) is 14.6 Å². The van der Waals surface area contributed by atoms with Crippen molar-refractivity contribution in [3.8, 4) is 5.75 Å². The van der Waals surface area contributed by atoms with Crippen LogP contribution in [0.2, 0.25) is 0 Å². The van der Waals surface area contributed by atoms with Gasteiger partial charge in [0.15, 0.2) is 0 Å². The lowest BCUT2D eigenvalue weighted by Crippen LogP contribution is -2.58. The van der Waals surface area contributed by atoms with E-state index in [0.29, 0.717) is 42.1 Å². The van der Waals surface area contributed by atoms with Crippen LogP contribution >= 0.6 is 0 Å². The lowest BCUT2D eigenvalue weighted by molar-refractivity contribution is 0.00700. The number of hydrogen-bond acceptors (Lipinski definition) is 5. The number of methoxy groups -OCH3 is 1. The Morgan fingerprint density at radius 3 is 2.72 bits per heavy atom. The van der Waals surface area contributed by atoms with Gasteiger partial charge in [0.05, 0.1) is 30.2 Å². The molecular formula is C22H19N3O4. The Morgan fingerprint density at radius 2 is 2.00 bits per heavy atom. The van der Waals surface area contributed by atoms with Gasteiger partial charge in [0.2, 0.25) is 0 Å². The molecule has 2 aliphatic rings. The summed E-state index contributed by atoms with van der Waals surface area (Å²) in [4.78, 5) is 34.7. The largest absolute Gasteiger partial charge is 0.497 e. The van der Waals surface area contributed by atoms with Crippen molar-refractivity contribution < 1.29 is 18.7 Å². The molecule has 0 N–H and O–H groups in total. The number of aromatic nitrogens is 1. The first-order valence-electron chi connectivity index (χ1n) is 9.40. The first-order valence-corrected chi connectivity index (χ1v) is 9.40. The molecule has 0 spiro atoms. The van der Waals surface area contributed by atoms with E-state index >= 15 is 0 Å². The van der Waals surface area contributed by atoms with Crippen LogP contribution in [0.1, 0.15) is 32.0 Å². The number of hydrogen-bond donors (Lipinski definition) is 0. The topological polar surface area (TPSA) is 75.9 Å². The van der Waals surface area contributed by atoms with Crippen LogP contribution in [-0.2, 0) is 12.1 Å². The molecule has 1 unspecified atom stereocenters. The van der Waals surface area contributed by atoms with Crippen molar-refractivity contribution in [2.75, 3.05) is 20.2 Å². The Labute approximate surface area is 167 Å². The van der Waals surface area contributed by atoms with E-state index in [1.54, 1.807) is 41.3 Å². The Kier molecular flexibility index (Phi) is 3.91. The third kappa shape index (κ3) is 2.47. The first-order chi connectivity index (χ1) is 14.1. The van der Waals surface area contributed by atoms with Gasteiger partial charge in [0, 0.05) is 25.7 Å². The number of carbonyl (C=O) groups excluding carboxylic acids is 2. The van der Waals surface area contributed by atoms with Gasteiger partial charge < -0.3 is 19.0 Å². The zero-order valence-corrected chi connectivity index (χ0v) is 15.9. The number of rotatable bonds is 3. The lowest BCUT2D eigenvalue weighted by Gasteiger charge is -2.46. The van der Waals surface area contributed by atoms with E-state index in [0.717, 1.165) is 5.56 Å². The van der Waals surface area contributed by atoms with Crippen molar-refractivity contribution in [3.63, 3.8) is 0 Å². The molecule has 0 bridgehead atoms. The average Bonchev–Trinajstić information content (AvgIpc) is 3.43. The standard InChI is InChI=1S/C22H19N3O4/c1-28-17-6-4-16(5-7-17)22-13-19-18(3-2-9-23-19)21(27)25(22)11-10-24(22)20(26)15-8-12-29-14-15/h2-9,12,14H,10-11,13H2,1H3. The first kappa shape index (κ1) is 17.5.